The fourth-order valence-electron chi connectivity index (χ4n) is 2.14. The van der Waals surface area contributed by atoms with E-state index in [0.717, 1.165) is 22.6 Å². The zero-order chi connectivity index (χ0) is 15.5. The summed E-state index contributed by atoms with van der Waals surface area (Å²) in [6, 6.07) is 15.3. The molecule has 0 atom stereocenters. The Morgan fingerprint density at radius 2 is 1.73 bits per heavy atom. The molecule has 3 rings (SSSR count). The van der Waals surface area contributed by atoms with Crippen LogP contribution >= 0.6 is 23.2 Å². The molecule has 0 unspecified atom stereocenters. The van der Waals surface area contributed by atoms with E-state index in [1.165, 1.54) is 0 Å². The van der Waals surface area contributed by atoms with Crippen molar-refractivity contribution in [3.63, 3.8) is 0 Å². The molecule has 3 aromatic rings. The second kappa shape index (κ2) is 6.34. The molecule has 0 saturated heterocycles. The topological polar surface area (TPSA) is 26.2 Å². The van der Waals surface area contributed by atoms with E-state index in [0.29, 0.717) is 10.0 Å². The Morgan fingerprint density at radius 3 is 2.41 bits per heavy atom. The van der Waals surface area contributed by atoms with Crippen molar-refractivity contribution < 1.29 is 4.74 Å². The SMILES string of the molecule is COc1ccc(-c2ccn(Nc3ccc(Cl)cc3Cl)c2)cc1. The summed E-state index contributed by atoms with van der Waals surface area (Å²) < 4.78 is 7.02. The van der Waals surface area contributed by atoms with Gasteiger partial charge in [0, 0.05) is 23.0 Å². The van der Waals surface area contributed by atoms with Crippen LogP contribution in [0.15, 0.2) is 60.9 Å². The van der Waals surface area contributed by atoms with E-state index >= 15 is 0 Å². The maximum absolute atomic E-state index is 6.16. The fraction of sp³-hybridized carbons (Fsp3) is 0.0588. The highest BCUT2D eigenvalue weighted by atomic mass is 35.5. The first-order chi connectivity index (χ1) is 10.7. The molecule has 0 saturated carbocycles. The zero-order valence-electron chi connectivity index (χ0n) is 11.9. The lowest BCUT2D eigenvalue weighted by atomic mass is 10.1. The van der Waals surface area contributed by atoms with E-state index < -0.39 is 0 Å². The zero-order valence-corrected chi connectivity index (χ0v) is 13.4. The van der Waals surface area contributed by atoms with Gasteiger partial charge >= 0.3 is 0 Å². The van der Waals surface area contributed by atoms with Crippen molar-refractivity contribution in [3.8, 4) is 16.9 Å². The molecule has 0 radical (unpaired) electrons. The molecule has 22 heavy (non-hydrogen) atoms. The summed E-state index contributed by atoms with van der Waals surface area (Å²) in [5.74, 6) is 0.842. The van der Waals surface area contributed by atoms with Crippen LogP contribution in [0.5, 0.6) is 5.75 Å². The van der Waals surface area contributed by atoms with Crippen molar-refractivity contribution >= 4 is 28.9 Å². The predicted molar refractivity (Wildman–Crippen MR) is 91.9 cm³/mol. The van der Waals surface area contributed by atoms with Gasteiger partial charge in [-0.15, -0.1) is 0 Å². The van der Waals surface area contributed by atoms with Crippen molar-refractivity contribution in [2.75, 3.05) is 12.5 Å². The quantitative estimate of drug-likeness (QED) is 0.697. The van der Waals surface area contributed by atoms with Gasteiger partial charge in [-0.3, -0.25) is 10.1 Å². The molecule has 0 aliphatic heterocycles. The molecule has 2 aromatic carbocycles. The average Bonchev–Trinajstić information content (AvgIpc) is 2.99. The molecule has 0 aliphatic rings. The molecule has 0 aliphatic carbocycles. The molecule has 5 heteroatoms. The van der Waals surface area contributed by atoms with E-state index in [1.54, 1.807) is 19.2 Å². The third-order valence-electron chi connectivity index (χ3n) is 3.30. The number of rotatable bonds is 4. The van der Waals surface area contributed by atoms with E-state index in [1.807, 2.05) is 53.5 Å². The third-order valence-corrected chi connectivity index (χ3v) is 3.84. The number of methoxy groups -OCH3 is 1. The second-order valence-electron chi connectivity index (χ2n) is 4.77. The Balaban J connectivity index is 1.81. The van der Waals surface area contributed by atoms with Gasteiger partial charge in [0.25, 0.3) is 0 Å². The monoisotopic (exact) mass is 332 g/mol. The Kier molecular flexibility index (Phi) is 4.27. The lowest BCUT2D eigenvalue weighted by Gasteiger charge is -2.09. The van der Waals surface area contributed by atoms with Crippen molar-refractivity contribution in [2.24, 2.45) is 0 Å². The minimum Gasteiger partial charge on any atom is -0.497 e. The molecule has 1 heterocycles. The van der Waals surface area contributed by atoms with Crippen LogP contribution in [0.3, 0.4) is 0 Å². The minimum atomic E-state index is 0.576. The van der Waals surface area contributed by atoms with Gasteiger partial charge in [-0.1, -0.05) is 35.3 Å². The highest BCUT2D eigenvalue weighted by Gasteiger charge is 2.04. The number of halogens is 2. The fourth-order valence-corrected chi connectivity index (χ4v) is 2.59. The first-order valence-electron chi connectivity index (χ1n) is 6.70. The summed E-state index contributed by atoms with van der Waals surface area (Å²) in [4.78, 5) is 0. The van der Waals surface area contributed by atoms with Crippen LogP contribution in [-0.2, 0) is 0 Å². The van der Waals surface area contributed by atoms with Crippen LogP contribution in [0.1, 0.15) is 0 Å². The number of nitrogens with zero attached hydrogens (tertiary/aromatic N) is 1. The number of ether oxygens (including phenoxy) is 1. The highest BCUT2D eigenvalue weighted by Crippen LogP contribution is 2.27. The summed E-state index contributed by atoms with van der Waals surface area (Å²) in [5.41, 5.74) is 6.22. The van der Waals surface area contributed by atoms with Crippen molar-refractivity contribution in [3.05, 3.63) is 71.0 Å². The average molecular weight is 333 g/mol. The van der Waals surface area contributed by atoms with E-state index in [9.17, 15) is 0 Å². The van der Waals surface area contributed by atoms with Gasteiger partial charge in [-0.2, -0.15) is 0 Å². The van der Waals surface area contributed by atoms with Crippen LogP contribution in [0.25, 0.3) is 11.1 Å². The predicted octanol–water partition coefficient (Wildman–Crippen LogP) is 5.35. The lowest BCUT2D eigenvalue weighted by molar-refractivity contribution is 0.415. The van der Waals surface area contributed by atoms with Crippen LogP contribution in [0.4, 0.5) is 5.69 Å². The van der Waals surface area contributed by atoms with Crippen LogP contribution in [0, 0.1) is 0 Å². The van der Waals surface area contributed by atoms with Crippen LogP contribution in [0.2, 0.25) is 10.0 Å². The van der Waals surface area contributed by atoms with E-state index in [-0.39, 0.29) is 0 Å². The Hall–Kier alpha value is -2.10. The normalized spacial score (nSPS) is 10.5. The van der Waals surface area contributed by atoms with Crippen LogP contribution < -0.4 is 10.2 Å². The first kappa shape index (κ1) is 14.8. The molecule has 0 spiro atoms. The van der Waals surface area contributed by atoms with Gasteiger partial charge < -0.3 is 4.74 Å². The summed E-state index contributed by atoms with van der Waals surface area (Å²) in [6.07, 6.45) is 3.93. The Labute approximate surface area is 139 Å². The van der Waals surface area contributed by atoms with Crippen LogP contribution in [-0.4, -0.2) is 11.8 Å². The number of hydrogen-bond donors (Lipinski definition) is 1. The highest BCUT2D eigenvalue weighted by molar-refractivity contribution is 6.36. The first-order valence-corrected chi connectivity index (χ1v) is 7.46. The molecule has 3 nitrogen and oxygen atoms in total. The second-order valence-corrected chi connectivity index (χ2v) is 5.62. The lowest BCUT2D eigenvalue weighted by Crippen LogP contribution is -2.06. The number of anilines is 1. The molecule has 0 fully saturated rings. The van der Waals surface area contributed by atoms with Gasteiger partial charge in [0.2, 0.25) is 0 Å². The summed E-state index contributed by atoms with van der Waals surface area (Å²) in [7, 11) is 1.66. The molecular formula is C17H14Cl2N2O. The minimum absolute atomic E-state index is 0.576. The number of hydrogen-bond acceptors (Lipinski definition) is 2. The maximum atomic E-state index is 6.16. The smallest absolute Gasteiger partial charge is 0.118 e. The summed E-state index contributed by atoms with van der Waals surface area (Å²) in [6.45, 7) is 0. The van der Waals surface area contributed by atoms with Crippen molar-refractivity contribution in [2.45, 2.75) is 0 Å². The summed E-state index contributed by atoms with van der Waals surface area (Å²) in [5, 5.41) is 1.19. The van der Waals surface area contributed by atoms with Crippen molar-refractivity contribution in [1.82, 2.24) is 4.68 Å². The summed E-state index contributed by atoms with van der Waals surface area (Å²) >= 11 is 12.1. The number of aromatic nitrogens is 1. The number of benzene rings is 2. The maximum Gasteiger partial charge on any atom is 0.118 e. The number of nitrogens with one attached hydrogen (secondary N) is 1. The Morgan fingerprint density at radius 1 is 0.955 bits per heavy atom. The molecule has 1 aromatic heterocycles. The van der Waals surface area contributed by atoms with Gasteiger partial charge in [0.05, 0.1) is 17.8 Å². The molecular weight excluding hydrogens is 319 g/mol. The third kappa shape index (κ3) is 3.21. The molecule has 0 bridgehead atoms. The van der Waals surface area contributed by atoms with E-state index in [2.05, 4.69) is 5.43 Å². The standard InChI is InChI=1S/C17H14Cl2N2O/c1-22-15-5-2-12(3-6-15)13-8-9-21(11-13)20-17-7-4-14(18)10-16(17)19/h2-11,20H,1H3. The molecule has 1 N–H and O–H groups in total. The van der Waals surface area contributed by atoms with Gasteiger partial charge in [0.15, 0.2) is 0 Å². The van der Waals surface area contributed by atoms with Gasteiger partial charge in [-0.05, 0) is 42.0 Å². The Bertz CT molecular complexity index is 782. The van der Waals surface area contributed by atoms with Gasteiger partial charge in [-0.25, -0.2) is 0 Å². The molecule has 0 amide bonds. The molecule has 112 valence electrons. The van der Waals surface area contributed by atoms with E-state index in [4.69, 9.17) is 27.9 Å². The van der Waals surface area contributed by atoms with Crippen molar-refractivity contribution in [1.29, 1.82) is 0 Å². The largest absolute Gasteiger partial charge is 0.497 e. The van der Waals surface area contributed by atoms with Gasteiger partial charge in [0.1, 0.15) is 5.75 Å².